The van der Waals surface area contributed by atoms with Crippen LogP contribution in [0.4, 0.5) is 8.78 Å². The minimum Gasteiger partial charge on any atom is -0.486 e. The van der Waals surface area contributed by atoms with Crippen LogP contribution in [-0.4, -0.2) is 7.05 Å². The third-order valence-electron chi connectivity index (χ3n) is 2.70. The fourth-order valence-corrected chi connectivity index (χ4v) is 2.80. The maximum atomic E-state index is 13.4. The maximum absolute atomic E-state index is 13.4. The largest absolute Gasteiger partial charge is 0.486 e. The summed E-state index contributed by atoms with van der Waals surface area (Å²) in [6.45, 7) is 3.09. The summed E-state index contributed by atoms with van der Waals surface area (Å²) in [4.78, 5) is 2.35. The predicted octanol–water partition coefficient (Wildman–Crippen LogP) is 3.63. The molecule has 0 bridgehead atoms. The van der Waals surface area contributed by atoms with Gasteiger partial charge in [0.05, 0.1) is 0 Å². The lowest BCUT2D eigenvalue weighted by Gasteiger charge is -2.06. The quantitative estimate of drug-likeness (QED) is 0.904. The van der Waals surface area contributed by atoms with Gasteiger partial charge in [-0.05, 0) is 32.2 Å². The topological polar surface area (TPSA) is 21.3 Å². The van der Waals surface area contributed by atoms with Crippen LogP contribution in [0, 0.1) is 18.6 Å². The zero-order valence-corrected chi connectivity index (χ0v) is 11.6. The molecule has 0 unspecified atom stereocenters. The first-order valence-corrected chi connectivity index (χ1v) is 6.72. The minimum absolute atomic E-state index is 0.0715. The first-order valence-electron chi connectivity index (χ1n) is 5.91. The third kappa shape index (κ3) is 3.52. The number of rotatable bonds is 5. The fraction of sp³-hybridized carbons (Fsp3) is 0.286. The number of hydrogen-bond acceptors (Lipinski definition) is 3. The molecule has 2 aromatic rings. The number of halogens is 2. The van der Waals surface area contributed by atoms with E-state index in [2.05, 4.69) is 5.32 Å². The molecule has 1 aromatic carbocycles. The van der Waals surface area contributed by atoms with E-state index >= 15 is 0 Å². The average Bonchev–Trinajstić information content (AvgIpc) is 2.69. The van der Waals surface area contributed by atoms with Crippen molar-refractivity contribution < 1.29 is 13.5 Å². The van der Waals surface area contributed by atoms with E-state index in [0.29, 0.717) is 0 Å². The van der Waals surface area contributed by atoms with Gasteiger partial charge < -0.3 is 10.1 Å². The molecule has 0 amide bonds. The van der Waals surface area contributed by atoms with E-state index in [9.17, 15) is 8.78 Å². The molecule has 19 heavy (non-hydrogen) atoms. The molecule has 0 saturated carbocycles. The van der Waals surface area contributed by atoms with E-state index in [1.54, 1.807) is 11.3 Å². The number of nitrogens with one attached hydrogen (secondary N) is 1. The van der Waals surface area contributed by atoms with Gasteiger partial charge in [-0.3, -0.25) is 0 Å². The first-order chi connectivity index (χ1) is 9.10. The van der Waals surface area contributed by atoms with Crippen molar-refractivity contribution in [3.8, 4) is 5.75 Å². The van der Waals surface area contributed by atoms with E-state index in [-0.39, 0.29) is 12.4 Å². The van der Waals surface area contributed by atoms with Crippen molar-refractivity contribution in [2.24, 2.45) is 0 Å². The molecule has 1 aromatic heterocycles. The van der Waals surface area contributed by atoms with Gasteiger partial charge in [0.2, 0.25) is 0 Å². The SMILES string of the molecule is CNCc1cc(COc2ccc(F)cc2F)c(C)s1. The van der Waals surface area contributed by atoms with Crippen LogP contribution >= 0.6 is 11.3 Å². The highest BCUT2D eigenvalue weighted by Crippen LogP contribution is 2.24. The molecule has 1 N–H and O–H groups in total. The Hall–Kier alpha value is -1.46. The summed E-state index contributed by atoms with van der Waals surface area (Å²) in [5, 5.41) is 3.08. The van der Waals surface area contributed by atoms with E-state index in [0.717, 1.165) is 23.1 Å². The Balaban J connectivity index is 2.05. The molecule has 0 atom stereocenters. The Kier molecular flexibility index (Phi) is 4.50. The highest BCUT2D eigenvalue weighted by molar-refractivity contribution is 7.12. The van der Waals surface area contributed by atoms with Gasteiger partial charge in [-0.2, -0.15) is 0 Å². The molecule has 2 nitrogen and oxygen atoms in total. The van der Waals surface area contributed by atoms with Crippen LogP contribution < -0.4 is 10.1 Å². The van der Waals surface area contributed by atoms with Crippen molar-refractivity contribution >= 4 is 11.3 Å². The summed E-state index contributed by atoms with van der Waals surface area (Å²) < 4.78 is 31.6. The summed E-state index contributed by atoms with van der Waals surface area (Å²) >= 11 is 1.68. The van der Waals surface area contributed by atoms with Crippen molar-refractivity contribution in [3.05, 3.63) is 51.2 Å². The van der Waals surface area contributed by atoms with Gasteiger partial charge in [-0.25, -0.2) is 8.78 Å². The van der Waals surface area contributed by atoms with Crippen LogP contribution in [-0.2, 0) is 13.2 Å². The standard InChI is InChI=1S/C14H15F2NOS/c1-9-10(5-12(19-9)7-17-2)8-18-14-4-3-11(15)6-13(14)16/h3-6,17H,7-8H2,1-2H3. The summed E-state index contributed by atoms with van der Waals surface area (Å²) in [6.07, 6.45) is 0. The second-order valence-corrected chi connectivity index (χ2v) is 5.53. The zero-order chi connectivity index (χ0) is 13.8. The fourth-order valence-electron chi connectivity index (χ4n) is 1.74. The molecular formula is C14H15F2NOS. The summed E-state index contributed by atoms with van der Waals surface area (Å²) in [5.41, 5.74) is 1.03. The molecule has 102 valence electrons. The summed E-state index contributed by atoms with van der Waals surface area (Å²) in [7, 11) is 1.89. The molecule has 0 spiro atoms. The van der Waals surface area contributed by atoms with E-state index in [1.807, 2.05) is 20.0 Å². The van der Waals surface area contributed by atoms with Gasteiger partial charge in [0.1, 0.15) is 12.4 Å². The normalized spacial score (nSPS) is 10.7. The number of benzene rings is 1. The highest BCUT2D eigenvalue weighted by atomic mass is 32.1. The minimum atomic E-state index is -0.677. The van der Waals surface area contributed by atoms with E-state index < -0.39 is 11.6 Å². The Morgan fingerprint density at radius 1 is 1.26 bits per heavy atom. The van der Waals surface area contributed by atoms with Crippen molar-refractivity contribution in [3.63, 3.8) is 0 Å². The molecule has 0 radical (unpaired) electrons. The van der Waals surface area contributed by atoms with Crippen LogP contribution in [0.2, 0.25) is 0 Å². The van der Waals surface area contributed by atoms with Crippen LogP contribution in [0.1, 0.15) is 15.3 Å². The van der Waals surface area contributed by atoms with Gasteiger partial charge in [0.15, 0.2) is 11.6 Å². The Bertz CT molecular complexity index is 569. The van der Waals surface area contributed by atoms with Crippen molar-refractivity contribution in [2.75, 3.05) is 7.05 Å². The van der Waals surface area contributed by atoms with E-state index in [1.165, 1.54) is 17.0 Å². The van der Waals surface area contributed by atoms with Crippen LogP contribution in [0.25, 0.3) is 0 Å². The molecule has 0 fully saturated rings. The molecule has 1 heterocycles. The summed E-state index contributed by atoms with van der Waals surface area (Å²) in [5.74, 6) is -1.21. The third-order valence-corrected chi connectivity index (χ3v) is 3.79. The zero-order valence-electron chi connectivity index (χ0n) is 10.8. The summed E-state index contributed by atoms with van der Waals surface area (Å²) in [6, 6.07) is 5.35. The van der Waals surface area contributed by atoms with Gasteiger partial charge in [-0.15, -0.1) is 11.3 Å². The number of aryl methyl sites for hydroxylation is 1. The predicted molar refractivity (Wildman–Crippen MR) is 72.5 cm³/mol. The van der Waals surface area contributed by atoms with E-state index in [4.69, 9.17) is 4.74 Å². The molecule has 2 rings (SSSR count). The van der Waals surface area contributed by atoms with Crippen molar-refractivity contribution in [2.45, 2.75) is 20.1 Å². The number of ether oxygens (including phenoxy) is 1. The smallest absolute Gasteiger partial charge is 0.167 e. The monoisotopic (exact) mass is 283 g/mol. The van der Waals surface area contributed by atoms with Gasteiger partial charge in [-0.1, -0.05) is 0 Å². The molecule has 0 aliphatic carbocycles. The Morgan fingerprint density at radius 3 is 2.74 bits per heavy atom. The van der Waals surface area contributed by atoms with Gasteiger partial charge in [0.25, 0.3) is 0 Å². The second kappa shape index (κ2) is 6.12. The molecule has 0 aliphatic rings. The number of thiophene rings is 1. The lowest BCUT2D eigenvalue weighted by Crippen LogP contribution is -2.03. The lowest BCUT2D eigenvalue weighted by molar-refractivity contribution is 0.289. The maximum Gasteiger partial charge on any atom is 0.167 e. The highest BCUT2D eigenvalue weighted by Gasteiger charge is 2.08. The second-order valence-electron chi connectivity index (χ2n) is 4.19. The molecule has 5 heteroatoms. The molecule has 0 aliphatic heterocycles. The van der Waals surface area contributed by atoms with Crippen molar-refractivity contribution in [1.29, 1.82) is 0 Å². The Morgan fingerprint density at radius 2 is 2.05 bits per heavy atom. The van der Waals surface area contributed by atoms with Gasteiger partial charge >= 0.3 is 0 Å². The van der Waals surface area contributed by atoms with Crippen molar-refractivity contribution in [1.82, 2.24) is 5.32 Å². The molecule has 0 saturated heterocycles. The van der Waals surface area contributed by atoms with Gasteiger partial charge in [0, 0.05) is 27.9 Å². The molecular weight excluding hydrogens is 268 g/mol. The average molecular weight is 283 g/mol. The van der Waals surface area contributed by atoms with Crippen LogP contribution in [0.3, 0.4) is 0 Å². The van der Waals surface area contributed by atoms with Crippen LogP contribution in [0.15, 0.2) is 24.3 Å². The first kappa shape index (κ1) is 14.0. The number of hydrogen-bond donors (Lipinski definition) is 1. The lowest BCUT2D eigenvalue weighted by atomic mass is 10.2. The Labute approximate surface area is 115 Å². The van der Waals surface area contributed by atoms with Crippen LogP contribution in [0.5, 0.6) is 5.75 Å².